The Morgan fingerprint density at radius 2 is 2.12 bits per heavy atom. The molecular weight excluding hydrogens is 216 g/mol. The number of hydrogen-bond acceptors (Lipinski definition) is 2. The van der Waals surface area contributed by atoms with Crippen LogP contribution in [0.1, 0.15) is 46.5 Å². The highest BCUT2D eigenvalue weighted by molar-refractivity contribution is 5.89. The van der Waals surface area contributed by atoms with Gasteiger partial charge in [-0.25, -0.2) is 0 Å². The number of rotatable bonds is 5. The van der Waals surface area contributed by atoms with Gasteiger partial charge in [0.2, 0.25) is 11.8 Å². The van der Waals surface area contributed by atoms with Crippen molar-refractivity contribution in [2.75, 3.05) is 13.1 Å². The number of nitrogens with zero attached hydrogens (tertiary/aromatic N) is 1. The largest absolute Gasteiger partial charge is 0.344 e. The van der Waals surface area contributed by atoms with Crippen LogP contribution in [0.25, 0.3) is 0 Å². The minimum atomic E-state index is -0.316. The summed E-state index contributed by atoms with van der Waals surface area (Å²) in [4.78, 5) is 25.4. The van der Waals surface area contributed by atoms with E-state index in [0.29, 0.717) is 25.3 Å². The van der Waals surface area contributed by atoms with E-state index < -0.39 is 0 Å². The summed E-state index contributed by atoms with van der Waals surface area (Å²) in [5.74, 6) is 0.748. The van der Waals surface area contributed by atoms with Crippen molar-refractivity contribution in [1.29, 1.82) is 0 Å². The van der Waals surface area contributed by atoms with Crippen LogP contribution in [-0.2, 0) is 9.59 Å². The van der Waals surface area contributed by atoms with Crippen LogP contribution in [0.4, 0.5) is 0 Å². The lowest BCUT2D eigenvalue weighted by Crippen LogP contribution is -2.44. The number of hydrogen-bond donors (Lipinski definition) is 1. The fourth-order valence-corrected chi connectivity index (χ4v) is 2.08. The molecule has 0 aromatic rings. The molecule has 0 aliphatic carbocycles. The van der Waals surface area contributed by atoms with Gasteiger partial charge in [-0.2, -0.15) is 0 Å². The van der Waals surface area contributed by atoms with Gasteiger partial charge in [-0.1, -0.05) is 20.8 Å². The van der Waals surface area contributed by atoms with Crippen LogP contribution < -0.4 is 5.32 Å². The first kappa shape index (κ1) is 14.0. The Labute approximate surface area is 104 Å². The standard InChI is InChI=1S/C13H24N2O2/c1-4-11-13(17)15(8-5-6-10(2)3)9-7-12(16)14-11/h10-11H,4-9H2,1-3H3,(H,14,16). The van der Waals surface area contributed by atoms with Gasteiger partial charge >= 0.3 is 0 Å². The van der Waals surface area contributed by atoms with Gasteiger partial charge in [0, 0.05) is 19.5 Å². The molecule has 1 saturated heterocycles. The average molecular weight is 240 g/mol. The highest BCUT2D eigenvalue weighted by Gasteiger charge is 2.27. The molecule has 4 heteroatoms. The van der Waals surface area contributed by atoms with E-state index in [2.05, 4.69) is 19.2 Å². The van der Waals surface area contributed by atoms with Crippen molar-refractivity contribution in [1.82, 2.24) is 10.2 Å². The highest BCUT2D eigenvalue weighted by Crippen LogP contribution is 2.10. The Morgan fingerprint density at radius 1 is 1.41 bits per heavy atom. The monoisotopic (exact) mass is 240 g/mol. The molecule has 1 aliphatic rings. The number of carbonyl (C=O) groups is 2. The maximum Gasteiger partial charge on any atom is 0.245 e. The molecule has 0 saturated carbocycles. The molecule has 0 radical (unpaired) electrons. The average Bonchev–Trinajstić information content (AvgIpc) is 2.40. The first-order chi connectivity index (χ1) is 8.04. The van der Waals surface area contributed by atoms with E-state index in [1.54, 1.807) is 0 Å². The number of amides is 2. The molecule has 1 atom stereocenters. The van der Waals surface area contributed by atoms with E-state index in [4.69, 9.17) is 0 Å². The Hall–Kier alpha value is -1.06. The van der Waals surface area contributed by atoms with Crippen LogP contribution in [0, 0.1) is 5.92 Å². The van der Waals surface area contributed by atoms with E-state index in [0.717, 1.165) is 19.4 Å². The molecule has 1 aliphatic heterocycles. The molecule has 0 spiro atoms. The maximum atomic E-state index is 12.1. The van der Waals surface area contributed by atoms with Gasteiger partial charge in [0.1, 0.15) is 6.04 Å². The molecule has 0 aromatic heterocycles. The topological polar surface area (TPSA) is 49.4 Å². The minimum absolute atomic E-state index is 0.00319. The van der Waals surface area contributed by atoms with Gasteiger partial charge in [0.25, 0.3) is 0 Å². The Kier molecular flexibility index (Phi) is 5.45. The Morgan fingerprint density at radius 3 is 2.71 bits per heavy atom. The van der Waals surface area contributed by atoms with Crippen LogP contribution >= 0.6 is 0 Å². The molecule has 2 amide bonds. The third-order valence-electron chi connectivity index (χ3n) is 3.17. The van der Waals surface area contributed by atoms with Crippen LogP contribution in [0.5, 0.6) is 0 Å². The molecule has 4 nitrogen and oxygen atoms in total. The lowest BCUT2D eigenvalue weighted by atomic mass is 10.1. The van der Waals surface area contributed by atoms with Gasteiger partial charge in [0.15, 0.2) is 0 Å². The number of nitrogens with one attached hydrogen (secondary N) is 1. The van der Waals surface area contributed by atoms with Crippen LogP contribution in [-0.4, -0.2) is 35.8 Å². The van der Waals surface area contributed by atoms with E-state index >= 15 is 0 Å². The quantitative estimate of drug-likeness (QED) is 0.792. The summed E-state index contributed by atoms with van der Waals surface area (Å²) in [5, 5.41) is 2.78. The predicted octanol–water partition coefficient (Wildman–Crippen LogP) is 1.55. The van der Waals surface area contributed by atoms with Gasteiger partial charge in [0.05, 0.1) is 0 Å². The van der Waals surface area contributed by atoms with Crippen molar-refractivity contribution in [3.05, 3.63) is 0 Å². The zero-order valence-electron chi connectivity index (χ0n) is 11.2. The van der Waals surface area contributed by atoms with Gasteiger partial charge in [-0.3, -0.25) is 9.59 Å². The molecule has 98 valence electrons. The highest BCUT2D eigenvalue weighted by atomic mass is 16.2. The first-order valence-electron chi connectivity index (χ1n) is 6.62. The van der Waals surface area contributed by atoms with Crippen molar-refractivity contribution >= 4 is 11.8 Å². The van der Waals surface area contributed by atoms with Gasteiger partial charge in [-0.15, -0.1) is 0 Å². The molecule has 1 rings (SSSR count). The van der Waals surface area contributed by atoms with Crippen LogP contribution in [0.3, 0.4) is 0 Å². The van der Waals surface area contributed by atoms with Gasteiger partial charge < -0.3 is 10.2 Å². The van der Waals surface area contributed by atoms with Crippen LogP contribution in [0.2, 0.25) is 0 Å². The van der Waals surface area contributed by atoms with Crippen molar-refractivity contribution in [2.24, 2.45) is 5.92 Å². The zero-order chi connectivity index (χ0) is 12.8. The number of carbonyl (C=O) groups excluding carboxylic acids is 2. The molecule has 1 fully saturated rings. The van der Waals surface area contributed by atoms with E-state index in [1.165, 1.54) is 0 Å². The summed E-state index contributed by atoms with van der Waals surface area (Å²) in [6.07, 6.45) is 3.26. The van der Waals surface area contributed by atoms with E-state index in [1.807, 2.05) is 11.8 Å². The fourth-order valence-electron chi connectivity index (χ4n) is 2.08. The second-order valence-corrected chi connectivity index (χ2v) is 5.14. The first-order valence-corrected chi connectivity index (χ1v) is 6.62. The van der Waals surface area contributed by atoms with E-state index in [9.17, 15) is 9.59 Å². The summed E-state index contributed by atoms with van der Waals surface area (Å²) in [5.41, 5.74) is 0. The van der Waals surface area contributed by atoms with Crippen molar-refractivity contribution in [2.45, 2.75) is 52.5 Å². The zero-order valence-corrected chi connectivity index (χ0v) is 11.2. The Balaban J connectivity index is 2.51. The molecular formula is C13H24N2O2. The molecule has 17 heavy (non-hydrogen) atoms. The third-order valence-corrected chi connectivity index (χ3v) is 3.17. The van der Waals surface area contributed by atoms with Gasteiger partial charge in [-0.05, 0) is 25.2 Å². The summed E-state index contributed by atoms with van der Waals surface area (Å²) in [6, 6.07) is -0.316. The summed E-state index contributed by atoms with van der Waals surface area (Å²) < 4.78 is 0. The molecule has 0 aromatic carbocycles. The maximum absolute atomic E-state index is 12.1. The molecule has 0 bridgehead atoms. The smallest absolute Gasteiger partial charge is 0.245 e. The second-order valence-electron chi connectivity index (χ2n) is 5.14. The van der Waals surface area contributed by atoms with E-state index in [-0.39, 0.29) is 17.9 Å². The predicted molar refractivity (Wildman–Crippen MR) is 67.5 cm³/mol. The molecule has 1 unspecified atom stereocenters. The lowest BCUT2D eigenvalue weighted by Gasteiger charge is -2.23. The third kappa shape index (κ3) is 4.36. The fraction of sp³-hybridized carbons (Fsp3) is 0.846. The van der Waals surface area contributed by atoms with Crippen LogP contribution in [0.15, 0.2) is 0 Å². The lowest BCUT2D eigenvalue weighted by molar-refractivity contribution is -0.133. The summed E-state index contributed by atoms with van der Waals surface area (Å²) in [6.45, 7) is 7.65. The molecule has 1 heterocycles. The SMILES string of the molecule is CCC1NC(=O)CCN(CCCC(C)C)C1=O. The molecule has 1 N–H and O–H groups in total. The minimum Gasteiger partial charge on any atom is -0.344 e. The Bertz CT molecular complexity index is 277. The van der Waals surface area contributed by atoms with Crippen molar-refractivity contribution in [3.63, 3.8) is 0 Å². The van der Waals surface area contributed by atoms with Crippen molar-refractivity contribution < 1.29 is 9.59 Å². The van der Waals surface area contributed by atoms with Crippen molar-refractivity contribution in [3.8, 4) is 0 Å². The second kappa shape index (κ2) is 6.62. The summed E-state index contributed by atoms with van der Waals surface area (Å²) >= 11 is 0. The summed E-state index contributed by atoms with van der Waals surface area (Å²) in [7, 11) is 0. The normalized spacial score (nSPS) is 21.6.